The van der Waals surface area contributed by atoms with Crippen LogP contribution in [-0.2, 0) is 16.0 Å². The maximum atomic E-state index is 12.8. The number of aromatic nitrogens is 1. The number of nitrogens with one attached hydrogen (secondary N) is 1. The molecule has 0 unspecified atom stereocenters. The van der Waals surface area contributed by atoms with Crippen molar-refractivity contribution in [3.63, 3.8) is 0 Å². The molecule has 1 aromatic heterocycles. The van der Waals surface area contributed by atoms with Crippen LogP contribution in [0.2, 0.25) is 0 Å². The Balaban J connectivity index is 1.50. The van der Waals surface area contributed by atoms with Crippen molar-refractivity contribution in [1.29, 1.82) is 0 Å². The average Bonchev–Trinajstić information content (AvgIpc) is 2.83. The van der Waals surface area contributed by atoms with Gasteiger partial charge in [-0.15, -0.1) is 0 Å². The van der Waals surface area contributed by atoms with E-state index in [0.717, 1.165) is 27.6 Å². The van der Waals surface area contributed by atoms with E-state index >= 15 is 0 Å². The summed E-state index contributed by atoms with van der Waals surface area (Å²) < 4.78 is 4.91. The first kappa shape index (κ1) is 20.3. The number of para-hydroxylation sites is 1. The third-order valence-electron chi connectivity index (χ3n) is 5.12. The number of hydrogen-bond donors (Lipinski definition) is 1. The highest BCUT2D eigenvalue weighted by Gasteiger charge is 2.23. The normalized spacial score (nSPS) is 11.6. The van der Waals surface area contributed by atoms with Crippen molar-refractivity contribution < 1.29 is 14.3 Å². The molecule has 1 atom stereocenters. The van der Waals surface area contributed by atoms with E-state index in [1.54, 1.807) is 6.07 Å². The van der Waals surface area contributed by atoms with Gasteiger partial charge in [-0.05, 0) is 28.8 Å². The first-order chi connectivity index (χ1) is 15.1. The Morgan fingerprint density at radius 2 is 1.52 bits per heavy atom. The van der Waals surface area contributed by atoms with Crippen molar-refractivity contribution in [3.8, 4) is 11.1 Å². The number of carbonyl (C=O) groups excluding carboxylic acids is 2. The zero-order valence-electron chi connectivity index (χ0n) is 17.1. The summed E-state index contributed by atoms with van der Waals surface area (Å²) in [6, 6.07) is 28.2. The standard InChI is InChI=1S/C26H22N2O3/c1-31-26(30)24(17-18-11-13-20(14-12-18)19-7-3-2-4-8-19)28-25(29)23-16-15-21-9-5-6-10-22(21)27-23/h2-16,24H,17H2,1H3,(H,28,29)/t24-/m1/s1. The molecule has 31 heavy (non-hydrogen) atoms. The number of esters is 1. The van der Waals surface area contributed by atoms with Gasteiger partial charge in [-0.25, -0.2) is 9.78 Å². The van der Waals surface area contributed by atoms with E-state index in [4.69, 9.17) is 4.74 Å². The lowest BCUT2D eigenvalue weighted by Crippen LogP contribution is -2.43. The van der Waals surface area contributed by atoms with Gasteiger partial charge in [-0.2, -0.15) is 0 Å². The number of nitrogens with zero attached hydrogens (tertiary/aromatic N) is 1. The largest absolute Gasteiger partial charge is 0.467 e. The molecule has 0 aliphatic rings. The van der Waals surface area contributed by atoms with E-state index in [0.29, 0.717) is 6.42 Å². The number of carbonyl (C=O) groups is 2. The monoisotopic (exact) mass is 410 g/mol. The predicted molar refractivity (Wildman–Crippen MR) is 121 cm³/mol. The van der Waals surface area contributed by atoms with Crippen LogP contribution in [0.25, 0.3) is 22.0 Å². The summed E-state index contributed by atoms with van der Waals surface area (Å²) >= 11 is 0. The Labute approximate surface area is 180 Å². The third-order valence-corrected chi connectivity index (χ3v) is 5.12. The van der Waals surface area contributed by atoms with Crippen molar-refractivity contribution >= 4 is 22.8 Å². The highest BCUT2D eigenvalue weighted by atomic mass is 16.5. The fraction of sp³-hybridized carbons (Fsp3) is 0.115. The van der Waals surface area contributed by atoms with Crippen LogP contribution < -0.4 is 5.32 Å². The summed E-state index contributed by atoms with van der Waals surface area (Å²) in [6.07, 6.45) is 0.321. The second-order valence-electron chi connectivity index (χ2n) is 7.21. The second kappa shape index (κ2) is 9.22. The molecule has 3 aromatic carbocycles. The highest BCUT2D eigenvalue weighted by Crippen LogP contribution is 2.20. The van der Waals surface area contributed by atoms with E-state index in [9.17, 15) is 9.59 Å². The van der Waals surface area contributed by atoms with Gasteiger partial charge in [-0.1, -0.05) is 78.9 Å². The maximum absolute atomic E-state index is 12.8. The Kier molecular flexibility index (Phi) is 6.03. The minimum absolute atomic E-state index is 0.257. The molecule has 154 valence electrons. The fourth-order valence-electron chi connectivity index (χ4n) is 3.46. The Hall–Kier alpha value is -3.99. The Morgan fingerprint density at radius 1 is 0.839 bits per heavy atom. The lowest BCUT2D eigenvalue weighted by Gasteiger charge is -2.17. The number of methoxy groups -OCH3 is 1. The van der Waals surface area contributed by atoms with Gasteiger partial charge >= 0.3 is 5.97 Å². The van der Waals surface area contributed by atoms with Gasteiger partial charge in [0.25, 0.3) is 5.91 Å². The van der Waals surface area contributed by atoms with Gasteiger partial charge in [0, 0.05) is 11.8 Å². The first-order valence-corrected chi connectivity index (χ1v) is 10.0. The SMILES string of the molecule is COC(=O)[C@@H](Cc1ccc(-c2ccccc2)cc1)NC(=O)c1ccc2ccccc2n1. The number of amides is 1. The lowest BCUT2D eigenvalue weighted by atomic mass is 10.0. The molecule has 0 aliphatic heterocycles. The molecule has 0 saturated carbocycles. The van der Waals surface area contributed by atoms with Gasteiger partial charge in [0.1, 0.15) is 11.7 Å². The van der Waals surface area contributed by atoms with Crippen LogP contribution in [-0.4, -0.2) is 30.0 Å². The summed E-state index contributed by atoms with van der Waals surface area (Å²) in [6.45, 7) is 0. The van der Waals surface area contributed by atoms with Gasteiger partial charge in [-0.3, -0.25) is 4.79 Å². The summed E-state index contributed by atoms with van der Waals surface area (Å²) in [7, 11) is 1.31. The molecule has 0 saturated heterocycles. The number of ether oxygens (including phenoxy) is 1. The quantitative estimate of drug-likeness (QED) is 0.478. The van der Waals surface area contributed by atoms with Crippen molar-refractivity contribution in [2.45, 2.75) is 12.5 Å². The molecule has 5 heteroatoms. The van der Waals surface area contributed by atoms with Crippen LogP contribution in [0, 0.1) is 0 Å². The van der Waals surface area contributed by atoms with Crippen molar-refractivity contribution in [3.05, 3.63) is 102 Å². The van der Waals surface area contributed by atoms with Crippen molar-refractivity contribution in [1.82, 2.24) is 10.3 Å². The van der Waals surface area contributed by atoms with Crippen LogP contribution in [0.15, 0.2) is 91.0 Å². The molecule has 5 nitrogen and oxygen atoms in total. The van der Waals surface area contributed by atoms with E-state index in [1.807, 2.05) is 84.9 Å². The summed E-state index contributed by atoms with van der Waals surface area (Å²) in [5.41, 5.74) is 4.10. The number of rotatable bonds is 6. The Bertz CT molecular complexity index is 1200. The smallest absolute Gasteiger partial charge is 0.328 e. The van der Waals surface area contributed by atoms with Crippen LogP contribution in [0.4, 0.5) is 0 Å². The highest BCUT2D eigenvalue weighted by molar-refractivity contribution is 5.97. The van der Waals surface area contributed by atoms with Gasteiger partial charge in [0.15, 0.2) is 0 Å². The minimum atomic E-state index is -0.812. The van der Waals surface area contributed by atoms with Gasteiger partial charge in [0.2, 0.25) is 0 Å². The minimum Gasteiger partial charge on any atom is -0.467 e. The molecule has 0 fully saturated rings. The summed E-state index contributed by atoms with van der Waals surface area (Å²) in [5, 5.41) is 3.71. The number of hydrogen-bond acceptors (Lipinski definition) is 4. The summed E-state index contributed by atoms with van der Waals surface area (Å²) in [4.78, 5) is 29.5. The predicted octanol–water partition coefficient (Wildman–Crippen LogP) is 4.42. The van der Waals surface area contributed by atoms with Gasteiger partial charge in [0.05, 0.1) is 12.6 Å². The number of benzene rings is 3. The molecule has 1 amide bonds. The molecule has 0 radical (unpaired) electrons. The topological polar surface area (TPSA) is 68.3 Å². The lowest BCUT2D eigenvalue weighted by molar-refractivity contribution is -0.142. The number of pyridine rings is 1. The van der Waals surface area contributed by atoms with E-state index < -0.39 is 17.9 Å². The number of fused-ring (bicyclic) bond motifs is 1. The Morgan fingerprint density at radius 3 is 2.26 bits per heavy atom. The van der Waals surface area contributed by atoms with Crippen molar-refractivity contribution in [2.24, 2.45) is 0 Å². The molecule has 0 bridgehead atoms. The summed E-state index contributed by atoms with van der Waals surface area (Å²) in [5.74, 6) is -0.914. The second-order valence-corrected chi connectivity index (χ2v) is 7.21. The van der Waals surface area contributed by atoms with Gasteiger partial charge < -0.3 is 10.1 Å². The zero-order valence-corrected chi connectivity index (χ0v) is 17.1. The van der Waals surface area contributed by atoms with E-state index in [2.05, 4.69) is 10.3 Å². The molecular weight excluding hydrogens is 388 g/mol. The molecule has 4 rings (SSSR count). The van der Waals surface area contributed by atoms with Crippen LogP contribution in [0.3, 0.4) is 0 Å². The molecular formula is C26H22N2O3. The zero-order chi connectivity index (χ0) is 21.6. The van der Waals surface area contributed by atoms with Crippen LogP contribution in [0.1, 0.15) is 16.1 Å². The molecule has 0 aliphatic carbocycles. The maximum Gasteiger partial charge on any atom is 0.328 e. The van der Waals surface area contributed by atoms with Crippen LogP contribution in [0.5, 0.6) is 0 Å². The fourth-order valence-corrected chi connectivity index (χ4v) is 3.46. The third kappa shape index (κ3) is 4.78. The first-order valence-electron chi connectivity index (χ1n) is 10.0. The molecule has 4 aromatic rings. The van der Waals surface area contributed by atoms with E-state index in [1.165, 1.54) is 7.11 Å². The van der Waals surface area contributed by atoms with Crippen LogP contribution >= 0.6 is 0 Å². The molecule has 1 heterocycles. The average molecular weight is 410 g/mol. The molecule has 0 spiro atoms. The van der Waals surface area contributed by atoms with Crippen molar-refractivity contribution in [2.75, 3.05) is 7.11 Å². The molecule has 1 N–H and O–H groups in total. The van der Waals surface area contributed by atoms with E-state index in [-0.39, 0.29) is 5.69 Å².